The third-order valence-corrected chi connectivity index (χ3v) is 6.52. The molecule has 0 radical (unpaired) electrons. The number of hydrogen-bond donors (Lipinski definition) is 3. The Kier molecular flexibility index (Phi) is 5.80. The molecule has 0 spiro atoms. The van der Waals surface area contributed by atoms with Gasteiger partial charge in [0.1, 0.15) is 0 Å². The number of thiophene rings is 1. The van der Waals surface area contributed by atoms with Gasteiger partial charge in [0.2, 0.25) is 0 Å². The fourth-order valence-corrected chi connectivity index (χ4v) is 4.89. The summed E-state index contributed by atoms with van der Waals surface area (Å²) in [7, 11) is 0. The number of rotatable bonds is 3. The van der Waals surface area contributed by atoms with E-state index in [4.69, 9.17) is 0 Å². The Labute approximate surface area is 173 Å². The molecule has 1 aliphatic carbocycles. The molecule has 0 unspecified atom stereocenters. The number of carbonyl (C=O) groups is 3. The molecule has 29 heavy (non-hydrogen) atoms. The molecule has 1 aliphatic heterocycles. The van der Waals surface area contributed by atoms with E-state index in [-0.39, 0.29) is 11.9 Å². The van der Waals surface area contributed by atoms with Gasteiger partial charge in [-0.05, 0) is 55.5 Å². The average Bonchev–Trinajstić information content (AvgIpc) is 3.32. The summed E-state index contributed by atoms with van der Waals surface area (Å²) < 4.78 is 0. The van der Waals surface area contributed by atoms with Crippen molar-refractivity contribution in [3.8, 4) is 0 Å². The highest BCUT2D eigenvalue weighted by Gasteiger charge is 2.22. The first-order chi connectivity index (χ1) is 14.1. The van der Waals surface area contributed by atoms with Gasteiger partial charge in [0.05, 0.1) is 4.88 Å². The van der Waals surface area contributed by atoms with Gasteiger partial charge >= 0.3 is 6.03 Å². The van der Waals surface area contributed by atoms with E-state index < -0.39 is 5.91 Å². The van der Waals surface area contributed by atoms with Crippen LogP contribution in [-0.4, -0.2) is 30.9 Å². The van der Waals surface area contributed by atoms with Crippen LogP contribution in [-0.2, 0) is 12.8 Å². The molecule has 152 valence electrons. The second-order valence-electron chi connectivity index (χ2n) is 7.32. The summed E-state index contributed by atoms with van der Waals surface area (Å²) in [5, 5.41) is 2.73. The topological polar surface area (TPSA) is 90.5 Å². The summed E-state index contributed by atoms with van der Waals surface area (Å²) >= 11 is 1.52. The minimum atomic E-state index is -0.422. The maximum absolute atomic E-state index is 12.5. The lowest BCUT2D eigenvalue weighted by molar-refractivity contribution is 0.0849. The number of urea groups is 1. The van der Waals surface area contributed by atoms with E-state index in [9.17, 15) is 14.4 Å². The third kappa shape index (κ3) is 4.42. The highest BCUT2D eigenvalue weighted by molar-refractivity contribution is 7.14. The van der Waals surface area contributed by atoms with Crippen molar-refractivity contribution in [3.05, 3.63) is 51.2 Å². The van der Waals surface area contributed by atoms with Crippen LogP contribution in [0.2, 0.25) is 0 Å². The molecule has 1 aromatic carbocycles. The summed E-state index contributed by atoms with van der Waals surface area (Å²) in [4.78, 5) is 40.3. The smallest absolute Gasteiger partial charge is 0.321 e. The minimum absolute atomic E-state index is 0.177. The van der Waals surface area contributed by atoms with Crippen LogP contribution in [0.25, 0.3) is 0 Å². The SMILES string of the molecule is O=C(NNC(=O)c1cc2c(s1)CCCCCC2)c1cccc(N2CCNC2=O)c1. The second-order valence-corrected chi connectivity index (χ2v) is 8.45. The molecular weight excluding hydrogens is 388 g/mol. The van der Waals surface area contributed by atoms with Crippen molar-refractivity contribution < 1.29 is 14.4 Å². The van der Waals surface area contributed by atoms with Crippen LogP contribution in [0, 0.1) is 0 Å². The maximum Gasteiger partial charge on any atom is 0.321 e. The number of hydrazine groups is 1. The van der Waals surface area contributed by atoms with Gasteiger partial charge in [-0.2, -0.15) is 0 Å². The Hall–Kier alpha value is -2.87. The minimum Gasteiger partial charge on any atom is -0.336 e. The number of fused-ring (bicyclic) bond motifs is 1. The van der Waals surface area contributed by atoms with Gasteiger partial charge in [-0.25, -0.2) is 4.79 Å². The van der Waals surface area contributed by atoms with E-state index in [1.54, 1.807) is 29.2 Å². The van der Waals surface area contributed by atoms with Crippen LogP contribution in [0.1, 0.15) is 56.2 Å². The standard InChI is InChI=1S/C21H24N4O3S/c26-19(15-7-5-8-16(12-15)25-11-10-22-21(25)28)23-24-20(27)18-13-14-6-3-1-2-4-9-17(14)29-18/h5,7-8,12-13H,1-4,6,9-11H2,(H,22,28)(H,23,26)(H,24,27). The van der Waals surface area contributed by atoms with Gasteiger partial charge in [0.25, 0.3) is 11.8 Å². The summed E-state index contributed by atoms with van der Waals surface area (Å²) in [5.74, 6) is -0.722. The van der Waals surface area contributed by atoms with Crippen molar-refractivity contribution >= 4 is 34.9 Å². The van der Waals surface area contributed by atoms with Crippen LogP contribution in [0.4, 0.5) is 10.5 Å². The number of hydrogen-bond acceptors (Lipinski definition) is 4. The van der Waals surface area contributed by atoms with Gasteiger partial charge in [-0.3, -0.25) is 25.3 Å². The third-order valence-electron chi connectivity index (χ3n) is 5.29. The lowest BCUT2D eigenvalue weighted by atomic mass is 10.00. The lowest BCUT2D eigenvalue weighted by Crippen LogP contribution is -2.41. The van der Waals surface area contributed by atoms with Gasteiger partial charge in [-0.1, -0.05) is 18.9 Å². The summed E-state index contributed by atoms with van der Waals surface area (Å²) in [5.41, 5.74) is 7.29. The van der Waals surface area contributed by atoms with Crippen LogP contribution in [0.5, 0.6) is 0 Å². The Morgan fingerprint density at radius 1 is 1.00 bits per heavy atom. The zero-order valence-electron chi connectivity index (χ0n) is 16.1. The van der Waals surface area contributed by atoms with Crippen molar-refractivity contribution in [1.29, 1.82) is 0 Å². The molecule has 2 heterocycles. The van der Waals surface area contributed by atoms with Gasteiger partial charge < -0.3 is 5.32 Å². The molecule has 0 atom stereocenters. The quantitative estimate of drug-likeness (QED) is 0.677. The van der Waals surface area contributed by atoms with Crippen LogP contribution in [0.3, 0.4) is 0 Å². The Bertz CT molecular complexity index is 914. The molecule has 3 N–H and O–H groups in total. The number of anilines is 1. The average molecular weight is 413 g/mol. The predicted molar refractivity (Wildman–Crippen MR) is 112 cm³/mol. The van der Waals surface area contributed by atoms with Gasteiger partial charge in [0, 0.05) is 29.2 Å². The molecule has 2 aromatic rings. The molecule has 2 aliphatic rings. The molecule has 4 rings (SSSR count). The largest absolute Gasteiger partial charge is 0.336 e. The van der Waals surface area contributed by atoms with E-state index in [1.165, 1.54) is 34.6 Å². The van der Waals surface area contributed by atoms with Crippen molar-refractivity contribution in [2.75, 3.05) is 18.0 Å². The Morgan fingerprint density at radius 2 is 1.79 bits per heavy atom. The second kappa shape index (κ2) is 8.65. The lowest BCUT2D eigenvalue weighted by Gasteiger charge is -2.15. The maximum atomic E-state index is 12.5. The van der Waals surface area contributed by atoms with E-state index in [1.807, 2.05) is 6.07 Å². The van der Waals surface area contributed by atoms with Crippen molar-refractivity contribution in [2.24, 2.45) is 0 Å². The first-order valence-electron chi connectivity index (χ1n) is 9.99. The van der Waals surface area contributed by atoms with Crippen LogP contribution < -0.4 is 21.1 Å². The highest BCUT2D eigenvalue weighted by Crippen LogP contribution is 2.28. The van der Waals surface area contributed by atoms with Crippen molar-refractivity contribution in [3.63, 3.8) is 0 Å². The zero-order chi connectivity index (χ0) is 20.2. The van der Waals surface area contributed by atoms with Gasteiger partial charge in [0.15, 0.2) is 0 Å². The van der Waals surface area contributed by atoms with E-state index in [0.29, 0.717) is 29.2 Å². The normalized spacial score (nSPS) is 16.4. The molecule has 0 saturated carbocycles. The summed E-state index contributed by atoms with van der Waals surface area (Å²) in [6, 6.07) is 8.57. The number of benzene rings is 1. The fraction of sp³-hybridized carbons (Fsp3) is 0.381. The van der Waals surface area contributed by atoms with Gasteiger partial charge in [-0.15, -0.1) is 11.3 Å². The van der Waals surface area contributed by atoms with E-state index in [2.05, 4.69) is 16.2 Å². The van der Waals surface area contributed by atoms with Crippen LogP contribution >= 0.6 is 11.3 Å². The summed E-state index contributed by atoms with van der Waals surface area (Å²) in [6.45, 7) is 1.14. The number of nitrogens with one attached hydrogen (secondary N) is 3. The number of nitrogens with zero attached hydrogens (tertiary/aromatic N) is 1. The van der Waals surface area contributed by atoms with Crippen molar-refractivity contribution in [2.45, 2.75) is 38.5 Å². The molecule has 4 amide bonds. The number of amides is 4. The molecule has 8 heteroatoms. The molecule has 7 nitrogen and oxygen atoms in total. The Morgan fingerprint density at radius 3 is 2.59 bits per heavy atom. The summed E-state index contributed by atoms with van der Waals surface area (Å²) in [6.07, 6.45) is 6.85. The fourth-order valence-electron chi connectivity index (χ4n) is 3.74. The monoisotopic (exact) mass is 412 g/mol. The van der Waals surface area contributed by atoms with Crippen LogP contribution in [0.15, 0.2) is 30.3 Å². The highest BCUT2D eigenvalue weighted by atomic mass is 32.1. The molecule has 1 saturated heterocycles. The molecular formula is C21H24N4O3S. The zero-order valence-corrected chi connectivity index (χ0v) is 16.9. The molecule has 0 bridgehead atoms. The van der Waals surface area contributed by atoms with E-state index in [0.717, 1.165) is 25.7 Å². The number of aryl methyl sites for hydroxylation is 2. The van der Waals surface area contributed by atoms with E-state index >= 15 is 0 Å². The molecule has 1 aromatic heterocycles. The predicted octanol–water partition coefficient (Wildman–Crippen LogP) is 3.01. The molecule has 1 fully saturated rings. The first-order valence-corrected chi connectivity index (χ1v) is 10.8. The Balaban J connectivity index is 1.39. The van der Waals surface area contributed by atoms with Crippen molar-refractivity contribution in [1.82, 2.24) is 16.2 Å². The number of carbonyl (C=O) groups excluding carboxylic acids is 3. The first kappa shape index (κ1) is 19.4.